The molecule has 238 valence electrons. The van der Waals surface area contributed by atoms with Crippen LogP contribution in [0.1, 0.15) is 60.6 Å². The number of nitrogens with one attached hydrogen (secondary N) is 2. The average Bonchev–Trinajstić information content (AvgIpc) is 3.67. The van der Waals surface area contributed by atoms with Gasteiger partial charge in [-0.3, -0.25) is 9.59 Å². The van der Waals surface area contributed by atoms with E-state index in [-0.39, 0.29) is 23.9 Å². The molecule has 11 nitrogen and oxygen atoms in total. The summed E-state index contributed by atoms with van der Waals surface area (Å²) in [6.45, 7) is 7.38. The van der Waals surface area contributed by atoms with Gasteiger partial charge in [-0.05, 0) is 76.5 Å². The monoisotopic (exact) mass is 632 g/mol. The van der Waals surface area contributed by atoms with Crippen LogP contribution in [0.2, 0.25) is 5.02 Å². The van der Waals surface area contributed by atoms with Crippen LogP contribution in [0.25, 0.3) is 11.3 Å². The Morgan fingerprint density at radius 2 is 1.91 bits per heavy atom. The number of carbonyl (C=O) groups excluding carboxylic acids is 2. The smallest absolute Gasteiger partial charge is 0.255 e. The minimum absolute atomic E-state index is 0.191. The Balaban J connectivity index is 1.11. The van der Waals surface area contributed by atoms with Crippen molar-refractivity contribution in [3.63, 3.8) is 0 Å². The van der Waals surface area contributed by atoms with Gasteiger partial charge in [-0.15, -0.1) is 0 Å². The number of carbonyl (C=O) groups is 2. The summed E-state index contributed by atoms with van der Waals surface area (Å²) in [6, 6.07) is 9.46. The van der Waals surface area contributed by atoms with Crippen molar-refractivity contribution in [1.29, 1.82) is 0 Å². The number of likely N-dealkylation sites (N-methyl/N-ethyl adjacent to an activating group) is 1. The standard InChI is InChI=1S/C33H41ClN8O3/c1-20(22-7-11-35-29(16-22)41-12-8-26(19-41)40(3)4)37-31(43)21(2)42-18-24-6-5-23(15-27(24)32(42)44)30-28(34)17-36-33(39-30)38-25-9-13-45-14-10-25/h5-7,11,15-17,20-21,25-26H,8-10,12-14,18-19H2,1-4H3,(H,37,43)(H,36,38,39)/t20?,21?,26-/m1/s1. The fourth-order valence-corrected chi connectivity index (χ4v) is 6.45. The van der Waals surface area contributed by atoms with Crippen LogP contribution >= 0.6 is 11.6 Å². The van der Waals surface area contributed by atoms with Crippen molar-refractivity contribution < 1.29 is 14.3 Å². The first-order chi connectivity index (χ1) is 21.7. The predicted octanol–water partition coefficient (Wildman–Crippen LogP) is 4.14. The van der Waals surface area contributed by atoms with E-state index in [0.29, 0.717) is 48.0 Å². The lowest BCUT2D eigenvalue weighted by molar-refractivity contribution is -0.125. The molecule has 0 spiro atoms. The van der Waals surface area contributed by atoms with Gasteiger partial charge in [0.15, 0.2) is 0 Å². The lowest BCUT2D eigenvalue weighted by Crippen LogP contribution is -2.45. The van der Waals surface area contributed by atoms with E-state index in [2.05, 4.69) is 55.5 Å². The summed E-state index contributed by atoms with van der Waals surface area (Å²) in [4.78, 5) is 46.8. The maximum Gasteiger partial charge on any atom is 0.255 e. The predicted molar refractivity (Wildman–Crippen MR) is 174 cm³/mol. The highest BCUT2D eigenvalue weighted by Gasteiger charge is 2.35. The Morgan fingerprint density at radius 3 is 2.67 bits per heavy atom. The van der Waals surface area contributed by atoms with Crippen molar-refractivity contribution in [2.45, 2.75) is 63.8 Å². The van der Waals surface area contributed by atoms with Gasteiger partial charge < -0.3 is 30.1 Å². The number of aromatic nitrogens is 3. The summed E-state index contributed by atoms with van der Waals surface area (Å²) in [5, 5.41) is 6.89. The van der Waals surface area contributed by atoms with Crippen LogP contribution in [-0.4, -0.2) is 95.1 Å². The van der Waals surface area contributed by atoms with Crippen molar-refractivity contribution in [2.75, 3.05) is 50.6 Å². The van der Waals surface area contributed by atoms with Crippen molar-refractivity contribution >= 4 is 35.2 Å². The third-order valence-corrected chi connectivity index (χ3v) is 9.48. The van der Waals surface area contributed by atoms with E-state index < -0.39 is 6.04 Å². The van der Waals surface area contributed by atoms with E-state index in [1.165, 1.54) is 0 Å². The molecule has 2 fully saturated rings. The molecule has 2 saturated heterocycles. The number of anilines is 2. The van der Waals surface area contributed by atoms with Gasteiger partial charge in [-0.25, -0.2) is 15.0 Å². The first kappa shape index (κ1) is 31.2. The SMILES string of the molecule is CC(NC(=O)C(C)N1Cc2ccc(-c3nc(NC4CCOCC4)ncc3Cl)cc2C1=O)c1ccnc(N2CC[C@@H](N(C)C)C2)c1. The van der Waals surface area contributed by atoms with Crippen LogP contribution in [0.5, 0.6) is 0 Å². The third-order valence-electron chi connectivity index (χ3n) is 9.21. The minimum atomic E-state index is -0.658. The van der Waals surface area contributed by atoms with Crippen molar-refractivity contribution in [2.24, 2.45) is 0 Å². The van der Waals surface area contributed by atoms with Crippen molar-refractivity contribution in [3.8, 4) is 11.3 Å². The number of nitrogens with zero attached hydrogens (tertiary/aromatic N) is 6. The van der Waals surface area contributed by atoms with Gasteiger partial charge in [0.1, 0.15) is 11.9 Å². The van der Waals surface area contributed by atoms with Crippen LogP contribution in [0.3, 0.4) is 0 Å². The number of fused-ring (bicyclic) bond motifs is 1. The lowest BCUT2D eigenvalue weighted by atomic mass is 10.0. The molecule has 0 radical (unpaired) electrons. The normalized spacial score (nSPS) is 20.0. The Morgan fingerprint density at radius 1 is 1.11 bits per heavy atom. The van der Waals surface area contributed by atoms with Gasteiger partial charge in [0.2, 0.25) is 11.9 Å². The molecule has 2 unspecified atom stereocenters. The van der Waals surface area contributed by atoms with Crippen molar-refractivity contribution in [3.05, 3.63) is 64.4 Å². The molecular weight excluding hydrogens is 592 g/mol. The van der Waals surface area contributed by atoms with Gasteiger partial charge in [0, 0.05) is 62.3 Å². The molecule has 2 aromatic heterocycles. The van der Waals surface area contributed by atoms with Crippen LogP contribution in [0.4, 0.5) is 11.8 Å². The maximum atomic E-state index is 13.6. The fraction of sp³-hybridized carbons (Fsp3) is 0.485. The molecule has 1 aromatic carbocycles. The summed E-state index contributed by atoms with van der Waals surface area (Å²) < 4.78 is 5.44. The van der Waals surface area contributed by atoms with Gasteiger partial charge in [-0.1, -0.05) is 23.7 Å². The second-order valence-corrected chi connectivity index (χ2v) is 12.8. The van der Waals surface area contributed by atoms with E-state index in [4.69, 9.17) is 16.3 Å². The van der Waals surface area contributed by atoms with Crippen LogP contribution in [0.15, 0.2) is 42.7 Å². The topological polar surface area (TPSA) is 116 Å². The Bertz CT molecular complexity index is 1560. The highest BCUT2D eigenvalue weighted by molar-refractivity contribution is 6.33. The summed E-state index contributed by atoms with van der Waals surface area (Å²) >= 11 is 6.52. The van der Waals surface area contributed by atoms with Gasteiger partial charge in [0.05, 0.1) is 23.0 Å². The third kappa shape index (κ3) is 6.75. The number of hydrogen-bond acceptors (Lipinski definition) is 9. The van der Waals surface area contributed by atoms with Crippen LogP contribution in [-0.2, 0) is 16.1 Å². The lowest BCUT2D eigenvalue weighted by Gasteiger charge is -2.26. The Kier molecular flexibility index (Phi) is 9.21. The molecule has 3 aliphatic rings. The summed E-state index contributed by atoms with van der Waals surface area (Å²) in [7, 11) is 4.21. The van der Waals surface area contributed by atoms with E-state index in [0.717, 1.165) is 54.9 Å². The average molecular weight is 633 g/mol. The van der Waals surface area contributed by atoms with Gasteiger partial charge >= 0.3 is 0 Å². The number of benzene rings is 1. The molecule has 2 amide bonds. The quantitative estimate of drug-likeness (QED) is 0.359. The molecule has 12 heteroatoms. The van der Waals surface area contributed by atoms with E-state index in [1.807, 2.05) is 31.2 Å². The zero-order valence-corrected chi connectivity index (χ0v) is 27.0. The Hall–Kier alpha value is -3.80. The molecule has 3 aliphatic heterocycles. The molecular formula is C33H41ClN8O3. The number of hydrogen-bond donors (Lipinski definition) is 2. The summed E-state index contributed by atoms with van der Waals surface area (Å²) in [6.07, 6.45) is 6.24. The molecule has 0 aliphatic carbocycles. The molecule has 0 saturated carbocycles. The zero-order valence-electron chi connectivity index (χ0n) is 26.3. The molecule has 0 bridgehead atoms. The fourth-order valence-electron chi connectivity index (χ4n) is 6.25. The number of halogens is 1. The molecule has 2 N–H and O–H groups in total. The van der Waals surface area contributed by atoms with Crippen LogP contribution in [0, 0.1) is 0 Å². The van der Waals surface area contributed by atoms with E-state index in [9.17, 15) is 9.59 Å². The number of pyridine rings is 1. The maximum absolute atomic E-state index is 13.6. The van der Waals surface area contributed by atoms with E-state index in [1.54, 1.807) is 24.2 Å². The Labute approximate surface area is 269 Å². The van der Waals surface area contributed by atoms with Crippen LogP contribution < -0.4 is 15.5 Å². The second-order valence-electron chi connectivity index (χ2n) is 12.4. The number of rotatable bonds is 9. The second kappa shape index (κ2) is 13.3. The number of ether oxygens (including phenoxy) is 1. The zero-order chi connectivity index (χ0) is 31.7. The minimum Gasteiger partial charge on any atom is -0.381 e. The van der Waals surface area contributed by atoms with Gasteiger partial charge in [0.25, 0.3) is 5.91 Å². The van der Waals surface area contributed by atoms with Gasteiger partial charge in [-0.2, -0.15) is 0 Å². The largest absolute Gasteiger partial charge is 0.381 e. The first-order valence-electron chi connectivity index (χ1n) is 15.7. The first-order valence-corrected chi connectivity index (χ1v) is 16.0. The molecule has 45 heavy (non-hydrogen) atoms. The summed E-state index contributed by atoms with van der Waals surface area (Å²) in [5.74, 6) is 1.01. The molecule has 5 heterocycles. The highest BCUT2D eigenvalue weighted by Crippen LogP contribution is 2.33. The summed E-state index contributed by atoms with van der Waals surface area (Å²) in [5.41, 5.74) is 3.66. The molecule has 3 atom stereocenters. The van der Waals surface area contributed by atoms with Crippen molar-refractivity contribution in [1.82, 2.24) is 30.1 Å². The number of amides is 2. The molecule has 6 rings (SSSR count). The highest BCUT2D eigenvalue weighted by atomic mass is 35.5. The van der Waals surface area contributed by atoms with E-state index >= 15 is 0 Å². The molecule has 3 aromatic rings.